The number of carboxylic acids is 1. The van der Waals surface area contributed by atoms with Gasteiger partial charge in [-0.05, 0) is 51.4 Å². The van der Waals surface area contributed by atoms with Crippen LogP contribution < -0.4 is 0 Å². The predicted molar refractivity (Wildman–Crippen MR) is 387 cm³/mol. The van der Waals surface area contributed by atoms with Gasteiger partial charge >= 0.3 is 17.9 Å². The summed E-state index contributed by atoms with van der Waals surface area (Å²) in [6.45, 7) is 4.93. The molecule has 0 aromatic heterocycles. The number of ether oxygens (including phenoxy) is 4. The number of carboxylic acid groups (broad SMARTS) is 1. The fraction of sp³-hybridized carbons (Fsp3) is 0.889. The molecule has 0 bridgehead atoms. The van der Waals surface area contributed by atoms with Crippen LogP contribution in [0.2, 0.25) is 0 Å². The molecule has 0 saturated heterocycles. The molecule has 530 valence electrons. The van der Waals surface area contributed by atoms with Gasteiger partial charge in [-0.1, -0.05) is 378 Å². The second-order valence-corrected chi connectivity index (χ2v) is 28.4. The van der Waals surface area contributed by atoms with E-state index in [0.717, 1.165) is 57.8 Å². The second kappa shape index (κ2) is 72.3. The monoisotopic (exact) mass is 1270 g/mol. The number of hydrogen-bond acceptors (Lipinski definition) is 7. The van der Waals surface area contributed by atoms with Gasteiger partial charge in [-0.25, -0.2) is 4.79 Å². The average Bonchev–Trinajstić information content (AvgIpc) is 3.73. The van der Waals surface area contributed by atoms with E-state index in [1.165, 1.54) is 321 Å². The van der Waals surface area contributed by atoms with Gasteiger partial charge < -0.3 is 28.5 Å². The molecule has 0 amide bonds. The molecule has 90 heavy (non-hydrogen) atoms. The van der Waals surface area contributed by atoms with Crippen LogP contribution in [0.15, 0.2) is 36.5 Å². The molecule has 0 radical (unpaired) electrons. The maximum Gasteiger partial charge on any atom is 0.361 e. The van der Waals surface area contributed by atoms with Crippen LogP contribution in [0, 0.1) is 0 Å². The van der Waals surface area contributed by atoms with Gasteiger partial charge in [0, 0.05) is 12.8 Å². The molecule has 0 spiro atoms. The van der Waals surface area contributed by atoms with Crippen molar-refractivity contribution in [1.82, 2.24) is 0 Å². The largest absolute Gasteiger partial charge is 0.477 e. The summed E-state index contributed by atoms with van der Waals surface area (Å²) in [5.41, 5.74) is 0. The average molecular weight is 1270 g/mol. The Bertz CT molecular complexity index is 1570. The van der Waals surface area contributed by atoms with Crippen molar-refractivity contribution in [3.05, 3.63) is 36.5 Å². The Hall–Kier alpha value is -2.49. The van der Waals surface area contributed by atoms with Gasteiger partial charge in [-0.15, -0.1) is 0 Å². The molecule has 0 saturated carbocycles. The Labute approximate surface area is 560 Å². The number of unbranched alkanes of at least 4 members (excludes halogenated alkanes) is 54. The number of quaternary nitrogens is 1. The van der Waals surface area contributed by atoms with Crippen LogP contribution in [0.5, 0.6) is 0 Å². The Balaban J connectivity index is 3.93. The maximum atomic E-state index is 13.0. The van der Waals surface area contributed by atoms with E-state index in [2.05, 4.69) is 50.3 Å². The lowest BCUT2D eigenvalue weighted by Gasteiger charge is -2.25. The fourth-order valence-electron chi connectivity index (χ4n) is 12.1. The van der Waals surface area contributed by atoms with Crippen molar-refractivity contribution in [3.8, 4) is 0 Å². The Kier molecular flexibility index (Phi) is 70.3. The number of allylic oxidation sites excluding steroid dienone is 6. The zero-order chi connectivity index (χ0) is 65.4. The molecule has 0 aromatic rings. The molecule has 0 rings (SSSR count). The summed E-state index contributed by atoms with van der Waals surface area (Å²) < 4.78 is 23.0. The molecule has 9 heteroatoms. The van der Waals surface area contributed by atoms with Crippen molar-refractivity contribution in [3.63, 3.8) is 0 Å². The van der Waals surface area contributed by atoms with E-state index in [0.29, 0.717) is 17.4 Å². The van der Waals surface area contributed by atoms with E-state index in [1.54, 1.807) is 0 Å². The van der Waals surface area contributed by atoms with Crippen LogP contribution >= 0.6 is 0 Å². The number of esters is 2. The Morgan fingerprint density at radius 2 is 0.600 bits per heavy atom. The summed E-state index contributed by atoms with van der Waals surface area (Å²) in [6.07, 6.45) is 90.3. The van der Waals surface area contributed by atoms with Gasteiger partial charge in [0.05, 0.1) is 34.4 Å². The molecule has 0 heterocycles. The third-order valence-electron chi connectivity index (χ3n) is 18.1. The van der Waals surface area contributed by atoms with E-state index in [9.17, 15) is 19.5 Å². The summed E-state index contributed by atoms with van der Waals surface area (Å²) in [7, 11) is 5.99. The summed E-state index contributed by atoms with van der Waals surface area (Å²) in [4.78, 5) is 37.7. The van der Waals surface area contributed by atoms with E-state index in [-0.39, 0.29) is 32.2 Å². The smallest absolute Gasteiger partial charge is 0.361 e. The lowest BCUT2D eigenvalue weighted by atomic mass is 10.0. The number of hydrogen-bond donors (Lipinski definition) is 1. The van der Waals surface area contributed by atoms with Crippen molar-refractivity contribution in [2.45, 2.75) is 418 Å². The summed E-state index contributed by atoms with van der Waals surface area (Å²) in [6, 6.07) is 0. The molecule has 0 aliphatic carbocycles. The number of rotatable bonds is 75. The molecule has 0 aromatic carbocycles. The first kappa shape index (κ1) is 87.5. The van der Waals surface area contributed by atoms with Crippen LogP contribution in [0.4, 0.5) is 0 Å². The minimum atomic E-state index is -1.51. The number of aliphatic carboxylic acids is 1. The van der Waals surface area contributed by atoms with Gasteiger partial charge in [0.2, 0.25) is 0 Å². The van der Waals surface area contributed by atoms with Gasteiger partial charge in [-0.2, -0.15) is 0 Å². The first-order valence-electron chi connectivity index (χ1n) is 39.7. The highest BCUT2D eigenvalue weighted by Gasteiger charge is 2.25. The molecular weight excluding hydrogens is 1110 g/mol. The highest BCUT2D eigenvalue weighted by Crippen LogP contribution is 2.20. The standard InChI is InChI=1S/C81H153NO8/c1-6-8-10-12-14-16-18-20-22-24-26-28-30-32-33-34-35-36-37-38-39-40-41-42-43-44-45-46-48-49-51-53-55-57-59-61-63-65-67-69-71-78(83)88-75-77(76-89-81(80(85)86)87-74-73-82(3,4)5)90-79(84)72-70-68-66-64-62-60-58-56-54-52-50-47-31-29-27-25-23-21-19-17-15-13-11-9-7-2/h19,21,25,27,31,47,77,81H,6-18,20,22-24,26,28-30,32-46,48-76H2,1-5H3/p+1/b21-19-,27-25-,47-31-. The normalized spacial score (nSPS) is 12.8. The van der Waals surface area contributed by atoms with Gasteiger partial charge in [0.15, 0.2) is 6.10 Å². The molecule has 0 fully saturated rings. The quantitative estimate of drug-likeness (QED) is 0.0211. The predicted octanol–water partition coefficient (Wildman–Crippen LogP) is 25.1. The molecule has 0 aliphatic rings. The van der Waals surface area contributed by atoms with Gasteiger partial charge in [-0.3, -0.25) is 9.59 Å². The highest BCUT2D eigenvalue weighted by molar-refractivity contribution is 5.71. The van der Waals surface area contributed by atoms with Crippen LogP contribution in [-0.4, -0.2) is 87.4 Å². The number of carbonyl (C=O) groups excluding carboxylic acids is 2. The lowest BCUT2D eigenvalue weighted by molar-refractivity contribution is -0.870. The van der Waals surface area contributed by atoms with Crippen molar-refractivity contribution in [1.29, 1.82) is 0 Å². The molecule has 2 atom stereocenters. The van der Waals surface area contributed by atoms with E-state index in [1.807, 2.05) is 21.1 Å². The van der Waals surface area contributed by atoms with Crippen molar-refractivity contribution in [2.75, 3.05) is 47.5 Å². The number of carbonyl (C=O) groups is 3. The zero-order valence-electron chi connectivity index (χ0n) is 60.8. The molecule has 9 nitrogen and oxygen atoms in total. The maximum absolute atomic E-state index is 13.0. The first-order valence-corrected chi connectivity index (χ1v) is 39.7. The number of likely N-dealkylation sites (N-methyl/N-ethyl adjacent to an activating group) is 1. The number of nitrogens with zero attached hydrogens (tertiary/aromatic N) is 1. The first-order chi connectivity index (χ1) is 44.1. The van der Waals surface area contributed by atoms with Crippen molar-refractivity contribution >= 4 is 17.9 Å². The SMILES string of the molecule is CCCCCCC/C=C\C/C=C\C/C=C\CCCCCCCCCCCCC(=O)OC(COC(=O)CCCCCCCCCCCCCCCCCCCCCCCCCCCCCCCCCCCCCCCCCC)COC(OCC[N+](C)(C)C)C(=O)O. The van der Waals surface area contributed by atoms with Crippen LogP contribution in [0.3, 0.4) is 0 Å². The zero-order valence-corrected chi connectivity index (χ0v) is 60.8. The molecule has 0 aliphatic heterocycles. The van der Waals surface area contributed by atoms with Crippen LogP contribution in [0.1, 0.15) is 406 Å². The summed E-state index contributed by atoms with van der Waals surface area (Å²) >= 11 is 0. The van der Waals surface area contributed by atoms with Crippen LogP contribution in [0.25, 0.3) is 0 Å². The van der Waals surface area contributed by atoms with E-state index in [4.69, 9.17) is 18.9 Å². The third-order valence-corrected chi connectivity index (χ3v) is 18.1. The molecule has 1 N–H and O–H groups in total. The second-order valence-electron chi connectivity index (χ2n) is 28.4. The Morgan fingerprint density at radius 3 is 0.889 bits per heavy atom. The molecule has 2 unspecified atom stereocenters. The minimum Gasteiger partial charge on any atom is -0.477 e. The molecular formula is C81H154NO8+. The van der Waals surface area contributed by atoms with Crippen molar-refractivity contribution < 1.29 is 42.9 Å². The van der Waals surface area contributed by atoms with Gasteiger partial charge in [0.25, 0.3) is 6.29 Å². The third kappa shape index (κ3) is 72.9. The van der Waals surface area contributed by atoms with Gasteiger partial charge in [0.1, 0.15) is 13.2 Å². The van der Waals surface area contributed by atoms with E-state index < -0.39 is 24.3 Å². The minimum absolute atomic E-state index is 0.179. The van der Waals surface area contributed by atoms with Crippen molar-refractivity contribution in [2.24, 2.45) is 0 Å². The summed E-state index contributed by atoms with van der Waals surface area (Å²) in [5.74, 6) is -1.98. The van der Waals surface area contributed by atoms with Crippen LogP contribution in [-0.2, 0) is 33.3 Å². The Morgan fingerprint density at radius 1 is 0.333 bits per heavy atom. The van der Waals surface area contributed by atoms with E-state index >= 15 is 0 Å². The summed E-state index contributed by atoms with van der Waals surface area (Å²) in [5, 5.41) is 9.76. The highest BCUT2D eigenvalue weighted by atomic mass is 16.7. The lowest BCUT2D eigenvalue weighted by Crippen LogP contribution is -2.40. The fourth-order valence-corrected chi connectivity index (χ4v) is 12.1. The topological polar surface area (TPSA) is 108 Å².